The second kappa shape index (κ2) is 7.60. The van der Waals surface area contributed by atoms with E-state index in [-0.39, 0.29) is 5.91 Å². The van der Waals surface area contributed by atoms with Crippen LogP contribution in [0.1, 0.15) is 30.4 Å². The average molecular weight is 383 g/mol. The van der Waals surface area contributed by atoms with E-state index in [0.29, 0.717) is 19.2 Å². The number of hydrogen-bond acceptors (Lipinski definition) is 3. The van der Waals surface area contributed by atoms with E-state index in [2.05, 4.69) is 65.3 Å². The van der Waals surface area contributed by atoms with Crippen molar-refractivity contribution in [2.75, 3.05) is 46.9 Å². The average Bonchev–Trinajstić information content (AvgIpc) is 3.20. The molecular weight excluding hydrogens is 352 g/mol. The summed E-state index contributed by atoms with van der Waals surface area (Å²) in [6, 6.07) is 10.9. The molecule has 150 valence electrons. The molecule has 0 unspecified atom stereocenters. The summed E-state index contributed by atoms with van der Waals surface area (Å²) in [4.78, 5) is 17.7. The number of hydrogen-bond donors (Lipinski definition) is 0. The van der Waals surface area contributed by atoms with Gasteiger partial charge in [0.15, 0.2) is 0 Å². The van der Waals surface area contributed by atoms with Gasteiger partial charge in [0, 0.05) is 51.3 Å². The van der Waals surface area contributed by atoms with Gasteiger partial charge in [-0.25, -0.2) is 0 Å². The molecule has 0 N–H and O–H groups in total. The molecule has 6 heteroatoms. The van der Waals surface area contributed by atoms with Crippen molar-refractivity contribution in [1.82, 2.24) is 18.9 Å². The molecule has 0 radical (unpaired) electrons. The van der Waals surface area contributed by atoms with Crippen molar-refractivity contribution in [3.05, 3.63) is 36.0 Å². The number of ether oxygens (including phenoxy) is 1. The summed E-state index contributed by atoms with van der Waals surface area (Å²) in [7, 11) is 3.81. The van der Waals surface area contributed by atoms with Gasteiger partial charge in [0.05, 0.1) is 23.2 Å². The number of para-hydroxylation sites is 1. The van der Waals surface area contributed by atoms with E-state index in [9.17, 15) is 4.79 Å². The first-order valence-electron chi connectivity index (χ1n) is 10.1. The van der Waals surface area contributed by atoms with E-state index in [1.807, 2.05) is 4.90 Å². The highest BCUT2D eigenvalue weighted by Crippen LogP contribution is 2.34. The van der Waals surface area contributed by atoms with Crippen LogP contribution in [0.5, 0.6) is 0 Å². The summed E-state index contributed by atoms with van der Waals surface area (Å²) in [5, 5.41) is 1.19. The fraction of sp³-hybridized carbons (Fsp3) is 0.500. The predicted octanol–water partition coefficient (Wildman–Crippen LogP) is 3.21. The molecule has 4 rings (SSSR count). The fourth-order valence-corrected chi connectivity index (χ4v) is 4.34. The van der Waals surface area contributed by atoms with Crippen LogP contribution in [0, 0.1) is 0 Å². The van der Waals surface area contributed by atoms with Crippen molar-refractivity contribution in [2.24, 2.45) is 0 Å². The van der Waals surface area contributed by atoms with Crippen LogP contribution in [0.3, 0.4) is 0 Å². The van der Waals surface area contributed by atoms with Gasteiger partial charge in [-0.05, 0) is 33.0 Å². The molecule has 1 fully saturated rings. The number of fused-ring (bicyclic) bond motifs is 3. The number of methoxy groups -OCH3 is 1. The summed E-state index contributed by atoms with van der Waals surface area (Å²) < 4.78 is 9.87. The Morgan fingerprint density at radius 1 is 1.11 bits per heavy atom. The summed E-state index contributed by atoms with van der Waals surface area (Å²) in [5.74, 6) is 0.125. The number of nitrogens with zero attached hydrogens (tertiary/aromatic N) is 4. The lowest BCUT2D eigenvalue weighted by molar-refractivity contribution is 0.0651. The zero-order chi connectivity index (χ0) is 19.8. The van der Waals surface area contributed by atoms with Crippen molar-refractivity contribution < 1.29 is 9.53 Å². The third-order valence-electron chi connectivity index (χ3n) is 5.80. The van der Waals surface area contributed by atoms with Gasteiger partial charge in [0.1, 0.15) is 5.69 Å². The third kappa shape index (κ3) is 3.10. The van der Waals surface area contributed by atoms with Crippen LogP contribution in [0.4, 0.5) is 0 Å². The standard InChI is InChI=1S/C22H30N4O2/c1-16(2)26-18-8-6-5-7-17(18)21-19(26)15-20(25(21)13-14-28-4)22(27)24-11-9-23(3)10-12-24/h5-8,15-16H,9-14H2,1-4H3. The zero-order valence-corrected chi connectivity index (χ0v) is 17.3. The summed E-state index contributed by atoms with van der Waals surface area (Å²) in [5.41, 5.74) is 4.25. The Bertz CT molecular complexity index is 993. The Kier molecular flexibility index (Phi) is 5.17. The monoisotopic (exact) mass is 382 g/mol. The Labute approximate surface area is 166 Å². The minimum Gasteiger partial charge on any atom is -0.383 e. The van der Waals surface area contributed by atoms with Gasteiger partial charge in [-0.3, -0.25) is 4.79 Å². The number of benzene rings is 1. The van der Waals surface area contributed by atoms with Gasteiger partial charge < -0.3 is 23.7 Å². The molecule has 2 aromatic heterocycles. The molecule has 6 nitrogen and oxygen atoms in total. The first-order valence-corrected chi connectivity index (χ1v) is 10.1. The SMILES string of the molecule is COCCn1c(C(=O)N2CCN(C)CC2)cc2c1c1ccccc1n2C(C)C. The maximum Gasteiger partial charge on any atom is 0.270 e. The second-order valence-electron chi connectivity index (χ2n) is 7.98. The maximum atomic E-state index is 13.4. The van der Waals surface area contributed by atoms with E-state index >= 15 is 0 Å². The normalized spacial score (nSPS) is 16.0. The maximum absolute atomic E-state index is 13.4. The molecule has 0 atom stereocenters. The van der Waals surface area contributed by atoms with Gasteiger partial charge in [-0.15, -0.1) is 0 Å². The molecule has 0 saturated carbocycles. The van der Waals surface area contributed by atoms with E-state index in [1.54, 1.807) is 7.11 Å². The Hall–Kier alpha value is -2.31. The van der Waals surface area contributed by atoms with E-state index in [1.165, 1.54) is 10.9 Å². The van der Waals surface area contributed by atoms with Crippen LogP contribution in [-0.2, 0) is 11.3 Å². The van der Waals surface area contributed by atoms with Crippen LogP contribution in [-0.4, -0.2) is 71.8 Å². The van der Waals surface area contributed by atoms with Crippen LogP contribution in [0.15, 0.2) is 30.3 Å². The summed E-state index contributed by atoms with van der Waals surface area (Å²) >= 11 is 0. The lowest BCUT2D eigenvalue weighted by Gasteiger charge is -2.32. The van der Waals surface area contributed by atoms with Gasteiger partial charge in [-0.1, -0.05) is 18.2 Å². The highest BCUT2D eigenvalue weighted by atomic mass is 16.5. The molecule has 28 heavy (non-hydrogen) atoms. The molecule has 0 bridgehead atoms. The second-order valence-corrected chi connectivity index (χ2v) is 7.98. The molecule has 1 saturated heterocycles. The van der Waals surface area contributed by atoms with Crippen LogP contribution in [0.2, 0.25) is 0 Å². The minimum atomic E-state index is 0.125. The summed E-state index contributed by atoms with van der Waals surface area (Å²) in [6.45, 7) is 9.03. The topological polar surface area (TPSA) is 42.6 Å². The first-order chi connectivity index (χ1) is 13.5. The number of likely N-dealkylation sites (N-methyl/N-ethyl adjacent to an activating group) is 1. The number of carbonyl (C=O) groups excluding carboxylic acids is 1. The van der Waals surface area contributed by atoms with Crippen molar-refractivity contribution in [3.63, 3.8) is 0 Å². The van der Waals surface area contributed by atoms with Gasteiger partial charge >= 0.3 is 0 Å². The van der Waals surface area contributed by atoms with E-state index < -0.39 is 0 Å². The number of amides is 1. The molecular formula is C22H30N4O2. The molecule has 3 heterocycles. The third-order valence-corrected chi connectivity index (χ3v) is 5.80. The fourth-order valence-electron chi connectivity index (χ4n) is 4.34. The highest BCUT2D eigenvalue weighted by Gasteiger charge is 2.27. The van der Waals surface area contributed by atoms with E-state index in [0.717, 1.165) is 42.9 Å². The van der Waals surface area contributed by atoms with Gasteiger partial charge in [0.25, 0.3) is 5.91 Å². The molecule has 3 aromatic rings. The molecule has 0 aliphatic carbocycles. The molecule has 1 amide bonds. The zero-order valence-electron chi connectivity index (χ0n) is 17.3. The largest absolute Gasteiger partial charge is 0.383 e. The first kappa shape index (κ1) is 19.0. The number of carbonyl (C=O) groups is 1. The molecule has 1 aliphatic heterocycles. The van der Waals surface area contributed by atoms with Crippen molar-refractivity contribution in [3.8, 4) is 0 Å². The molecule has 1 aromatic carbocycles. The Balaban J connectivity index is 1.88. The number of piperazine rings is 1. The lowest BCUT2D eigenvalue weighted by atomic mass is 10.2. The molecule has 0 spiro atoms. The smallest absolute Gasteiger partial charge is 0.270 e. The van der Waals surface area contributed by atoms with E-state index in [4.69, 9.17) is 4.74 Å². The predicted molar refractivity (Wildman–Crippen MR) is 113 cm³/mol. The Morgan fingerprint density at radius 3 is 2.50 bits per heavy atom. The van der Waals surface area contributed by atoms with Gasteiger partial charge in [0.2, 0.25) is 0 Å². The highest BCUT2D eigenvalue weighted by molar-refractivity contribution is 6.10. The number of rotatable bonds is 5. The number of aromatic nitrogens is 2. The molecule has 1 aliphatic rings. The van der Waals surface area contributed by atoms with Crippen LogP contribution < -0.4 is 0 Å². The minimum absolute atomic E-state index is 0.125. The van der Waals surface area contributed by atoms with Crippen molar-refractivity contribution >= 4 is 27.8 Å². The quantitative estimate of drug-likeness (QED) is 0.681. The van der Waals surface area contributed by atoms with Crippen LogP contribution in [0.25, 0.3) is 21.9 Å². The van der Waals surface area contributed by atoms with Gasteiger partial charge in [-0.2, -0.15) is 0 Å². The van der Waals surface area contributed by atoms with Crippen molar-refractivity contribution in [1.29, 1.82) is 0 Å². The lowest BCUT2D eigenvalue weighted by Crippen LogP contribution is -2.47. The van der Waals surface area contributed by atoms with Crippen LogP contribution >= 0.6 is 0 Å². The van der Waals surface area contributed by atoms with Crippen molar-refractivity contribution in [2.45, 2.75) is 26.4 Å². The Morgan fingerprint density at radius 2 is 1.82 bits per heavy atom. The summed E-state index contributed by atoms with van der Waals surface area (Å²) in [6.07, 6.45) is 0.